The first kappa shape index (κ1) is 16.7. The molecule has 0 N–H and O–H groups in total. The highest BCUT2D eigenvalue weighted by Crippen LogP contribution is 2.33. The minimum Gasteiger partial charge on any atom is -0.338 e. The second kappa shape index (κ2) is 6.18. The Morgan fingerprint density at radius 3 is 2.35 bits per heavy atom. The van der Waals surface area contributed by atoms with Gasteiger partial charge in [-0.15, -0.1) is 0 Å². The largest absolute Gasteiger partial charge is 0.338 e. The third-order valence-electron chi connectivity index (χ3n) is 3.92. The van der Waals surface area contributed by atoms with E-state index in [2.05, 4.69) is 20.1 Å². The van der Waals surface area contributed by atoms with Crippen molar-refractivity contribution in [3.63, 3.8) is 0 Å². The summed E-state index contributed by atoms with van der Waals surface area (Å²) in [6.07, 6.45) is 3.05. The summed E-state index contributed by atoms with van der Waals surface area (Å²) in [6.45, 7) is -0.0409. The molecule has 2 aromatic heterocycles. The Bertz CT molecular complexity index is 1030. The van der Waals surface area contributed by atoms with Gasteiger partial charge in [0.2, 0.25) is 27.6 Å². The van der Waals surface area contributed by atoms with Crippen LogP contribution in [0.3, 0.4) is 0 Å². The van der Waals surface area contributed by atoms with E-state index < -0.39 is 26.6 Å². The molecule has 0 aliphatic carbocycles. The minimum atomic E-state index is -4.28. The summed E-state index contributed by atoms with van der Waals surface area (Å²) in [5.74, 6) is -1.95. The van der Waals surface area contributed by atoms with Crippen molar-refractivity contribution in [2.75, 3.05) is 13.1 Å². The molecular weight excluding hydrogens is 368 g/mol. The summed E-state index contributed by atoms with van der Waals surface area (Å²) >= 11 is 0. The van der Waals surface area contributed by atoms with E-state index >= 15 is 0 Å². The van der Waals surface area contributed by atoms with Crippen molar-refractivity contribution in [2.24, 2.45) is 0 Å². The molecule has 0 bridgehead atoms. The third-order valence-corrected chi connectivity index (χ3v) is 5.81. The fraction of sp³-hybridized carbons (Fsp3) is 0.200. The number of benzene rings is 1. The summed E-state index contributed by atoms with van der Waals surface area (Å²) < 4.78 is 58.5. The van der Waals surface area contributed by atoms with E-state index in [1.165, 1.54) is 12.4 Å². The van der Waals surface area contributed by atoms with Gasteiger partial charge >= 0.3 is 0 Å². The number of aromatic nitrogens is 4. The van der Waals surface area contributed by atoms with Crippen molar-refractivity contribution in [3.8, 4) is 11.6 Å². The van der Waals surface area contributed by atoms with Crippen molar-refractivity contribution < 1.29 is 21.7 Å². The Morgan fingerprint density at radius 1 is 1.04 bits per heavy atom. The van der Waals surface area contributed by atoms with Gasteiger partial charge in [-0.25, -0.2) is 27.2 Å². The Morgan fingerprint density at radius 2 is 1.69 bits per heavy atom. The molecule has 1 aromatic carbocycles. The number of hydrogen-bond acceptors (Lipinski definition) is 7. The quantitative estimate of drug-likeness (QED) is 0.678. The van der Waals surface area contributed by atoms with Crippen LogP contribution in [0.4, 0.5) is 8.78 Å². The van der Waals surface area contributed by atoms with Gasteiger partial charge < -0.3 is 4.52 Å². The standard InChI is InChI=1S/C15H11F2N5O3S/c16-10-3-1-4-11(17)12(10)26(23,24)22-7-9(8-22)15-20-14(21-25-15)13-18-5-2-6-19-13/h1-6,9H,7-8H2. The van der Waals surface area contributed by atoms with Gasteiger partial charge in [-0.1, -0.05) is 11.2 Å². The van der Waals surface area contributed by atoms with Crippen LogP contribution in [0.25, 0.3) is 11.6 Å². The van der Waals surface area contributed by atoms with E-state index in [0.717, 1.165) is 22.5 Å². The number of halogens is 2. The molecule has 0 radical (unpaired) electrons. The molecule has 3 heterocycles. The van der Waals surface area contributed by atoms with Crippen LogP contribution in [0, 0.1) is 11.6 Å². The normalized spacial score (nSPS) is 15.8. The van der Waals surface area contributed by atoms with Gasteiger partial charge in [0.25, 0.3) is 0 Å². The first-order chi connectivity index (χ1) is 12.5. The zero-order valence-electron chi connectivity index (χ0n) is 13.1. The molecule has 26 heavy (non-hydrogen) atoms. The molecule has 0 spiro atoms. The van der Waals surface area contributed by atoms with Gasteiger partial charge in [-0.3, -0.25) is 0 Å². The van der Waals surface area contributed by atoms with E-state index in [-0.39, 0.29) is 36.5 Å². The first-order valence-corrected chi connectivity index (χ1v) is 8.96. The lowest BCUT2D eigenvalue weighted by Gasteiger charge is -2.35. The molecule has 0 saturated carbocycles. The minimum absolute atomic E-state index is 0.0204. The average molecular weight is 379 g/mol. The van der Waals surface area contributed by atoms with Crippen molar-refractivity contribution in [2.45, 2.75) is 10.8 Å². The van der Waals surface area contributed by atoms with E-state index in [1.807, 2.05) is 0 Å². The molecule has 1 fully saturated rings. The maximum atomic E-state index is 13.8. The summed E-state index contributed by atoms with van der Waals surface area (Å²) in [5, 5.41) is 3.76. The molecule has 0 atom stereocenters. The maximum Gasteiger partial charge on any atom is 0.248 e. The molecule has 1 aliphatic rings. The van der Waals surface area contributed by atoms with Gasteiger partial charge in [-0.2, -0.15) is 9.29 Å². The Labute approximate surface area is 146 Å². The van der Waals surface area contributed by atoms with Gasteiger partial charge in [-0.05, 0) is 18.2 Å². The molecule has 1 aliphatic heterocycles. The monoisotopic (exact) mass is 379 g/mol. The highest BCUT2D eigenvalue weighted by molar-refractivity contribution is 7.89. The van der Waals surface area contributed by atoms with Crippen molar-refractivity contribution in [3.05, 3.63) is 54.2 Å². The van der Waals surface area contributed by atoms with E-state index in [0.29, 0.717) is 0 Å². The van der Waals surface area contributed by atoms with Crippen LogP contribution >= 0.6 is 0 Å². The predicted molar refractivity (Wildman–Crippen MR) is 83.2 cm³/mol. The Kier molecular flexibility index (Phi) is 3.96. The Balaban J connectivity index is 1.52. The smallest absolute Gasteiger partial charge is 0.248 e. The molecular formula is C15H11F2N5O3S. The van der Waals surface area contributed by atoms with E-state index in [4.69, 9.17) is 4.52 Å². The van der Waals surface area contributed by atoms with Gasteiger partial charge in [0, 0.05) is 25.5 Å². The second-order valence-electron chi connectivity index (χ2n) is 5.60. The predicted octanol–water partition coefficient (Wildman–Crippen LogP) is 1.59. The molecule has 1 saturated heterocycles. The summed E-state index contributed by atoms with van der Waals surface area (Å²) in [4.78, 5) is 11.2. The average Bonchev–Trinajstić information content (AvgIpc) is 3.03. The van der Waals surface area contributed by atoms with Crippen LogP contribution in [0.1, 0.15) is 11.8 Å². The van der Waals surface area contributed by atoms with Gasteiger partial charge in [0.15, 0.2) is 4.90 Å². The van der Waals surface area contributed by atoms with Crippen LogP contribution in [-0.4, -0.2) is 45.9 Å². The maximum absolute atomic E-state index is 13.8. The number of hydrogen-bond donors (Lipinski definition) is 0. The fourth-order valence-electron chi connectivity index (χ4n) is 2.56. The number of rotatable bonds is 4. The van der Waals surface area contributed by atoms with Crippen molar-refractivity contribution in [1.29, 1.82) is 0 Å². The SMILES string of the molecule is O=S(=O)(c1c(F)cccc1F)N1CC(c2nc(-c3ncccn3)no2)C1. The second-order valence-corrected chi connectivity index (χ2v) is 7.47. The van der Waals surface area contributed by atoms with Crippen molar-refractivity contribution in [1.82, 2.24) is 24.4 Å². The van der Waals surface area contributed by atoms with Crippen LogP contribution in [0.15, 0.2) is 46.1 Å². The molecule has 11 heteroatoms. The van der Waals surface area contributed by atoms with Gasteiger partial charge in [0.05, 0.1) is 5.92 Å². The van der Waals surface area contributed by atoms with E-state index in [1.54, 1.807) is 6.07 Å². The van der Waals surface area contributed by atoms with Crippen LogP contribution in [0.5, 0.6) is 0 Å². The summed E-state index contributed by atoms with van der Waals surface area (Å²) in [5.41, 5.74) is 0. The highest BCUT2D eigenvalue weighted by atomic mass is 32.2. The lowest BCUT2D eigenvalue weighted by Crippen LogP contribution is -2.48. The zero-order chi connectivity index (χ0) is 18.3. The number of sulfonamides is 1. The molecule has 134 valence electrons. The van der Waals surface area contributed by atoms with Crippen LogP contribution in [0.2, 0.25) is 0 Å². The summed E-state index contributed by atoms with van der Waals surface area (Å²) in [7, 11) is -4.28. The van der Waals surface area contributed by atoms with E-state index in [9.17, 15) is 17.2 Å². The van der Waals surface area contributed by atoms with Gasteiger partial charge in [0.1, 0.15) is 11.6 Å². The summed E-state index contributed by atoms with van der Waals surface area (Å²) in [6, 6.07) is 4.55. The topological polar surface area (TPSA) is 102 Å². The third kappa shape index (κ3) is 2.74. The molecule has 4 rings (SSSR count). The van der Waals surface area contributed by atoms with Crippen LogP contribution < -0.4 is 0 Å². The fourth-order valence-corrected chi connectivity index (χ4v) is 4.19. The first-order valence-electron chi connectivity index (χ1n) is 7.52. The lowest BCUT2D eigenvalue weighted by molar-refractivity contribution is 0.215. The Hall–Kier alpha value is -2.79. The number of nitrogens with zero attached hydrogens (tertiary/aromatic N) is 5. The molecule has 0 unspecified atom stereocenters. The highest BCUT2D eigenvalue weighted by Gasteiger charge is 2.42. The lowest BCUT2D eigenvalue weighted by atomic mass is 10.0. The molecule has 0 amide bonds. The van der Waals surface area contributed by atoms with Crippen molar-refractivity contribution >= 4 is 10.0 Å². The zero-order valence-corrected chi connectivity index (χ0v) is 13.9. The van der Waals surface area contributed by atoms with Crippen LogP contribution in [-0.2, 0) is 10.0 Å². The molecule has 3 aromatic rings. The molecule has 8 nitrogen and oxygen atoms in total.